The molecule has 3 aliphatic rings. The lowest BCUT2D eigenvalue weighted by Crippen LogP contribution is -2.54. The molecule has 0 spiro atoms. The summed E-state index contributed by atoms with van der Waals surface area (Å²) in [4.78, 5) is 65.2. The second kappa shape index (κ2) is 8.41. The number of hydrogen-bond acceptors (Lipinski definition) is 7. The van der Waals surface area contributed by atoms with Crippen LogP contribution in [0.25, 0.3) is 0 Å². The molecule has 1 aromatic carbocycles. The van der Waals surface area contributed by atoms with Crippen LogP contribution in [0.2, 0.25) is 0 Å². The highest BCUT2D eigenvalue weighted by molar-refractivity contribution is 6.23. The monoisotopic (exact) mass is 435 g/mol. The van der Waals surface area contributed by atoms with Gasteiger partial charge in [-0.15, -0.1) is 12.4 Å². The predicted molar refractivity (Wildman–Crippen MR) is 108 cm³/mol. The average Bonchev–Trinajstić information content (AvgIpc) is 2.92. The number of piperazine rings is 1. The Labute approximate surface area is 178 Å². The van der Waals surface area contributed by atoms with Gasteiger partial charge in [-0.2, -0.15) is 0 Å². The summed E-state index contributed by atoms with van der Waals surface area (Å²) >= 11 is 0. The van der Waals surface area contributed by atoms with Crippen LogP contribution >= 0.6 is 12.4 Å². The van der Waals surface area contributed by atoms with E-state index >= 15 is 0 Å². The number of piperidine rings is 1. The third-order valence-corrected chi connectivity index (χ3v) is 5.54. The van der Waals surface area contributed by atoms with Gasteiger partial charge in [-0.3, -0.25) is 39.1 Å². The number of benzene rings is 1. The second-order valence-electron chi connectivity index (χ2n) is 7.41. The van der Waals surface area contributed by atoms with Gasteiger partial charge in [0.05, 0.1) is 17.7 Å². The topological polar surface area (TPSA) is 133 Å². The van der Waals surface area contributed by atoms with Crippen molar-refractivity contribution in [3.8, 4) is 0 Å². The lowest BCUT2D eigenvalue weighted by Gasteiger charge is -2.35. The van der Waals surface area contributed by atoms with Crippen LogP contribution in [0.5, 0.6) is 0 Å². The highest BCUT2D eigenvalue weighted by atomic mass is 35.5. The molecule has 1 aromatic rings. The van der Waals surface area contributed by atoms with Crippen LogP contribution < -0.4 is 16.0 Å². The number of fused-ring (bicyclic) bond motifs is 1. The van der Waals surface area contributed by atoms with Gasteiger partial charge >= 0.3 is 0 Å². The minimum Gasteiger partial charge on any atom is -0.369 e. The van der Waals surface area contributed by atoms with Crippen LogP contribution in [0.4, 0.5) is 5.69 Å². The molecule has 3 heterocycles. The molecule has 30 heavy (non-hydrogen) atoms. The van der Waals surface area contributed by atoms with Crippen molar-refractivity contribution in [1.82, 2.24) is 15.1 Å². The quantitative estimate of drug-likeness (QED) is 0.586. The number of nitrogens with zero attached hydrogens (tertiary/aromatic N) is 3. The van der Waals surface area contributed by atoms with E-state index in [0.29, 0.717) is 26.2 Å². The van der Waals surface area contributed by atoms with Crippen LogP contribution in [-0.2, 0) is 14.4 Å². The Kier molecular flexibility index (Phi) is 6.09. The molecule has 1 unspecified atom stereocenters. The van der Waals surface area contributed by atoms with E-state index in [2.05, 4.69) is 10.2 Å². The lowest BCUT2D eigenvalue weighted by molar-refractivity contribution is -0.136. The Balaban J connectivity index is 0.00000256. The number of nitrogens with two attached hydrogens (primary N) is 1. The second-order valence-corrected chi connectivity index (χ2v) is 7.41. The first-order valence-electron chi connectivity index (χ1n) is 9.46. The summed E-state index contributed by atoms with van der Waals surface area (Å²) in [6.07, 6.45) is 0.218. The SMILES string of the molecule is Cl.NC(=O)CN1CCN(c2ccc3c(c2)C(=O)N(C2CCC(=O)NC2=O)C3=O)CC1. The number of rotatable bonds is 4. The fraction of sp³-hybridized carbons (Fsp3) is 0.421. The molecule has 10 nitrogen and oxygen atoms in total. The number of carbonyl (C=O) groups excluding carboxylic acids is 5. The zero-order valence-electron chi connectivity index (χ0n) is 16.1. The van der Waals surface area contributed by atoms with E-state index in [9.17, 15) is 24.0 Å². The number of primary amides is 1. The summed E-state index contributed by atoms with van der Waals surface area (Å²) in [5, 5.41) is 2.19. The molecule has 160 valence electrons. The summed E-state index contributed by atoms with van der Waals surface area (Å²) in [6, 6.07) is 4.08. The number of halogens is 1. The minimum absolute atomic E-state index is 0. The summed E-state index contributed by atoms with van der Waals surface area (Å²) in [5.74, 6) is -2.43. The van der Waals surface area contributed by atoms with Crippen molar-refractivity contribution in [3.05, 3.63) is 29.3 Å². The van der Waals surface area contributed by atoms with Crippen molar-refractivity contribution < 1.29 is 24.0 Å². The maximum Gasteiger partial charge on any atom is 0.262 e. The van der Waals surface area contributed by atoms with Crippen LogP contribution in [0.3, 0.4) is 0 Å². The Morgan fingerprint density at radius 2 is 1.70 bits per heavy atom. The van der Waals surface area contributed by atoms with E-state index in [1.54, 1.807) is 18.2 Å². The van der Waals surface area contributed by atoms with Gasteiger partial charge in [0.2, 0.25) is 17.7 Å². The molecular weight excluding hydrogens is 414 g/mol. The number of amides is 5. The van der Waals surface area contributed by atoms with E-state index in [4.69, 9.17) is 5.73 Å². The lowest BCUT2D eigenvalue weighted by atomic mass is 10.0. The molecule has 3 N–H and O–H groups in total. The average molecular weight is 436 g/mol. The maximum absolute atomic E-state index is 12.9. The van der Waals surface area contributed by atoms with Gasteiger partial charge in [0.25, 0.3) is 11.8 Å². The fourth-order valence-electron chi connectivity index (χ4n) is 4.04. The summed E-state index contributed by atoms with van der Waals surface area (Å²) in [5.41, 5.74) is 6.56. The number of carbonyl (C=O) groups is 5. The zero-order valence-corrected chi connectivity index (χ0v) is 16.9. The molecule has 5 amide bonds. The van der Waals surface area contributed by atoms with Crippen LogP contribution in [0.15, 0.2) is 18.2 Å². The van der Waals surface area contributed by atoms with E-state index in [1.807, 2.05) is 4.90 Å². The molecule has 3 aliphatic heterocycles. The van der Waals surface area contributed by atoms with Crippen LogP contribution in [0, 0.1) is 0 Å². The molecule has 4 rings (SSSR count). The van der Waals surface area contributed by atoms with Crippen LogP contribution in [0.1, 0.15) is 33.6 Å². The highest BCUT2D eigenvalue weighted by Gasteiger charge is 2.44. The predicted octanol–water partition coefficient (Wildman–Crippen LogP) is -0.883. The van der Waals surface area contributed by atoms with E-state index in [0.717, 1.165) is 10.6 Å². The third-order valence-electron chi connectivity index (χ3n) is 5.54. The molecule has 0 saturated carbocycles. The Bertz CT molecular complexity index is 928. The van der Waals surface area contributed by atoms with Crippen molar-refractivity contribution in [2.75, 3.05) is 37.6 Å². The molecule has 0 aliphatic carbocycles. The molecule has 11 heteroatoms. The zero-order chi connectivity index (χ0) is 20.7. The van der Waals surface area contributed by atoms with E-state index in [1.165, 1.54) is 0 Å². The number of imide groups is 2. The molecule has 2 fully saturated rings. The standard InChI is InChI=1S/C19H21N5O5.ClH/c20-15(25)10-22-5-7-23(8-6-22)11-1-2-12-13(9-11)19(29)24(18(12)28)14-3-4-16(26)21-17(14)27;/h1-2,9,14H,3-8,10H2,(H2,20,25)(H,21,26,27);1H. The molecule has 0 radical (unpaired) electrons. The largest absolute Gasteiger partial charge is 0.369 e. The maximum atomic E-state index is 12.9. The van der Waals surface area contributed by atoms with Crippen molar-refractivity contribution in [1.29, 1.82) is 0 Å². The van der Waals surface area contributed by atoms with Gasteiger partial charge in [0.1, 0.15) is 6.04 Å². The van der Waals surface area contributed by atoms with Crippen molar-refractivity contribution in [3.63, 3.8) is 0 Å². The van der Waals surface area contributed by atoms with Gasteiger partial charge in [-0.05, 0) is 24.6 Å². The van der Waals surface area contributed by atoms with Gasteiger partial charge in [-0.25, -0.2) is 0 Å². The molecule has 2 saturated heterocycles. The first kappa shape index (κ1) is 21.7. The van der Waals surface area contributed by atoms with Crippen molar-refractivity contribution >= 4 is 47.6 Å². The summed E-state index contributed by atoms with van der Waals surface area (Å²) < 4.78 is 0. The number of hydrogen-bond donors (Lipinski definition) is 2. The Hall–Kier alpha value is -2.98. The summed E-state index contributed by atoms with van der Waals surface area (Å²) in [6.45, 7) is 2.85. The third kappa shape index (κ3) is 3.88. The van der Waals surface area contributed by atoms with Gasteiger partial charge < -0.3 is 10.6 Å². The molecule has 1 atom stereocenters. The molecule has 0 aromatic heterocycles. The van der Waals surface area contributed by atoms with Crippen LogP contribution in [-0.4, -0.2) is 78.1 Å². The van der Waals surface area contributed by atoms with Crippen molar-refractivity contribution in [2.24, 2.45) is 5.73 Å². The summed E-state index contributed by atoms with van der Waals surface area (Å²) in [7, 11) is 0. The highest BCUT2D eigenvalue weighted by Crippen LogP contribution is 2.31. The smallest absolute Gasteiger partial charge is 0.262 e. The van der Waals surface area contributed by atoms with Gasteiger partial charge in [0, 0.05) is 38.3 Å². The first-order valence-corrected chi connectivity index (χ1v) is 9.46. The number of nitrogens with one attached hydrogen (secondary N) is 1. The number of anilines is 1. The van der Waals surface area contributed by atoms with E-state index < -0.39 is 29.7 Å². The van der Waals surface area contributed by atoms with Gasteiger partial charge in [-0.1, -0.05) is 0 Å². The first-order chi connectivity index (χ1) is 13.8. The molecule has 0 bridgehead atoms. The van der Waals surface area contributed by atoms with Gasteiger partial charge in [0.15, 0.2) is 0 Å². The Morgan fingerprint density at radius 1 is 1.03 bits per heavy atom. The van der Waals surface area contributed by atoms with Crippen molar-refractivity contribution in [2.45, 2.75) is 18.9 Å². The Morgan fingerprint density at radius 3 is 2.33 bits per heavy atom. The minimum atomic E-state index is -0.971. The van der Waals surface area contributed by atoms with E-state index in [-0.39, 0.29) is 48.8 Å². The fourth-order valence-corrected chi connectivity index (χ4v) is 4.04. The normalized spacial score (nSPS) is 21.9. The molecular formula is C19H22ClN5O5.